The minimum absolute atomic E-state index is 0.0123. The highest BCUT2D eigenvalue weighted by Crippen LogP contribution is 2.37. The van der Waals surface area contributed by atoms with E-state index in [-0.39, 0.29) is 11.8 Å². The molecule has 1 heterocycles. The number of hydrogen-bond acceptors (Lipinski definition) is 2. The molecule has 1 N–H and O–H groups in total. The maximum Gasteiger partial charge on any atom is 0.258 e. The highest BCUT2D eigenvalue weighted by atomic mass is 35.5. The average molecular weight is 379 g/mol. The number of amides is 2. The lowest BCUT2D eigenvalue weighted by Crippen LogP contribution is -2.29. The van der Waals surface area contributed by atoms with Crippen LogP contribution < -0.4 is 10.2 Å². The molecule has 0 fully saturated rings. The van der Waals surface area contributed by atoms with Crippen LogP contribution in [0.25, 0.3) is 10.8 Å². The number of carbonyl (C=O) groups is 2. The topological polar surface area (TPSA) is 49.4 Å². The zero-order chi connectivity index (χ0) is 18.8. The summed E-state index contributed by atoms with van der Waals surface area (Å²) >= 11 is 6.10. The normalized spacial score (nSPS) is 12.6. The molecule has 0 spiro atoms. The van der Waals surface area contributed by atoms with Crippen molar-refractivity contribution in [3.8, 4) is 0 Å². The molecule has 1 aliphatic rings. The Balaban J connectivity index is 1.35. The van der Waals surface area contributed by atoms with Gasteiger partial charge in [0, 0.05) is 35.5 Å². The second-order valence-corrected chi connectivity index (χ2v) is 7.02. The molecule has 3 aromatic rings. The molecule has 0 aromatic heterocycles. The van der Waals surface area contributed by atoms with Crippen LogP contribution in [0, 0.1) is 0 Å². The fourth-order valence-corrected chi connectivity index (χ4v) is 3.73. The smallest absolute Gasteiger partial charge is 0.258 e. The van der Waals surface area contributed by atoms with E-state index in [9.17, 15) is 9.59 Å². The van der Waals surface area contributed by atoms with Gasteiger partial charge in [0.25, 0.3) is 5.91 Å². The highest BCUT2D eigenvalue weighted by molar-refractivity contribution is 6.31. The first kappa shape index (κ1) is 17.6. The Morgan fingerprint density at radius 2 is 1.78 bits per heavy atom. The molecule has 5 heteroatoms. The van der Waals surface area contributed by atoms with E-state index < -0.39 is 0 Å². The fraction of sp³-hybridized carbons (Fsp3) is 0.182. The Hall–Kier alpha value is -2.85. The van der Waals surface area contributed by atoms with Crippen LogP contribution in [0.5, 0.6) is 0 Å². The first-order chi connectivity index (χ1) is 13.1. The van der Waals surface area contributed by atoms with Crippen molar-refractivity contribution in [3.05, 3.63) is 76.8 Å². The molecule has 0 radical (unpaired) electrons. The Labute approximate surface area is 162 Å². The van der Waals surface area contributed by atoms with Crippen molar-refractivity contribution >= 4 is 39.9 Å². The van der Waals surface area contributed by atoms with Crippen molar-refractivity contribution in [2.45, 2.75) is 19.4 Å². The lowest BCUT2D eigenvalue weighted by atomic mass is 10.1. The minimum atomic E-state index is -0.0442. The van der Waals surface area contributed by atoms with Gasteiger partial charge in [-0.05, 0) is 35.6 Å². The second kappa shape index (κ2) is 7.41. The predicted molar refractivity (Wildman–Crippen MR) is 108 cm³/mol. The van der Waals surface area contributed by atoms with Gasteiger partial charge in [-0.1, -0.05) is 54.1 Å². The molecule has 136 valence electrons. The third kappa shape index (κ3) is 3.40. The highest BCUT2D eigenvalue weighted by Gasteiger charge is 2.28. The van der Waals surface area contributed by atoms with Crippen molar-refractivity contribution in [2.24, 2.45) is 0 Å². The van der Waals surface area contributed by atoms with Crippen LogP contribution in [0.4, 0.5) is 5.69 Å². The summed E-state index contributed by atoms with van der Waals surface area (Å²) in [5.74, 6) is -0.0319. The Bertz CT molecular complexity index is 1030. The predicted octanol–water partition coefficient (Wildman–Crippen LogP) is 4.55. The number of hydrogen-bond donors (Lipinski definition) is 1. The Morgan fingerprint density at radius 1 is 1.00 bits per heavy atom. The first-order valence-corrected chi connectivity index (χ1v) is 9.36. The molecule has 27 heavy (non-hydrogen) atoms. The van der Waals surface area contributed by atoms with Gasteiger partial charge in [-0.3, -0.25) is 9.59 Å². The van der Waals surface area contributed by atoms with Gasteiger partial charge in [0.1, 0.15) is 0 Å². The number of rotatable bonds is 6. The molecule has 0 unspecified atom stereocenters. The van der Waals surface area contributed by atoms with Gasteiger partial charge in [-0.25, -0.2) is 0 Å². The Kier molecular flexibility index (Phi) is 4.82. The van der Waals surface area contributed by atoms with E-state index in [0.29, 0.717) is 31.0 Å². The number of nitrogens with one attached hydrogen (secondary N) is 1. The van der Waals surface area contributed by atoms with Gasteiger partial charge in [-0.15, -0.1) is 0 Å². The largest absolute Gasteiger partial charge is 0.352 e. The summed E-state index contributed by atoms with van der Waals surface area (Å²) in [7, 11) is 0. The van der Waals surface area contributed by atoms with E-state index in [4.69, 9.17) is 11.6 Å². The van der Waals surface area contributed by atoms with E-state index >= 15 is 0 Å². The van der Waals surface area contributed by atoms with Crippen LogP contribution in [0.15, 0.2) is 60.7 Å². The summed E-state index contributed by atoms with van der Waals surface area (Å²) < 4.78 is 0. The Morgan fingerprint density at radius 3 is 2.59 bits per heavy atom. The van der Waals surface area contributed by atoms with Crippen LogP contribution in [0.3, 0.4) is 0 Å². The maximum absolute atomic E-state index is 12.7. The summed E-state index contributed by atoms with van der Waals surface area (Å²) in [5.41, 5.74) is 2.57. The number of anilines is 1. The van der Waals surface area contributed by atoms with Crippen molar-refractivity contribution in [1.29, 1.82) is 0 Å². The average Bonchev–Trinajstić information content (AvgIpc) is 2.95. The standard InChI is InChI=1S/C22H19ClN2O2/c23-18-10-2-1-6-16(18)14-24-20(26)12-5-13-25-19-11-4-8-15-7-3-9-17(21(15)19)22(25)27/h1-4,6-11H,5,12-14H2,(H,24,26). The molecule has 0 aliphatic carbocycles. The summed E-state index contributed by atoms with van der Waals surface area (Å²) in [6, 6.07) is 19.2. The van der Waals surface area contributed by atoms with Gasteiger partial charge >= 0.3 is 0 Å². The van der Waals surface area contributed by atoms with Gasteiger partial charge in [0.05, 0.1) is 5.69 Å². The lowest BCUT2D eigenvalue weighted by molar-refractivity contribution is -0.121. The lowest BCUT2D eigenvalue weighted by Gasteiger charge is -2.17. The molecule has 0 saturated heterocycles. The van der Waals surface area contributed by atoms with E-state index in [1.54, 1.807) is 11.0 Å². The van der Waals surface area contributed by atoms with Gasteiger partial charge in [-0.2, -0.15) is 0 Å². The summed E-state index contributed by atoms with van der Waals surface area (Å²) in [6.07, 6.45) is 0.963. The third-order valence-electron chi connectivity index (χ3n) is 4.87. The molecule has 1 aliphatic heterocycles. The van der Waals surface area contributed by atoms with Crippen molar-refractivity contribution in [1.82, 2.24) is 5.32 Å². The van der Waals surface area contributed by atoms with Crippen molar-refractivity contribution < 1.29 is 9.59 Å². The van der Waals surface area contributed by atoms with Crippen molar-refractivity contribution in [2.75, 3.05) is 11.4 Å². The third-order valence-corrected chi connectivity index (χ3v) is 5.24. The zero-order valence-corrected chi connectivity index (χ0v) is 15.5. The first-order valence-electron chi connectivity index (χ1n) is 8.99. The molecule has 0 saturated carbocycles. The van der Waals surface area contributed by atoms with E-state index in [1.165, 1.54) is 0 Å². The minimum Gasteiger partial charge on any atom is -0.352 e. The molecular weight excluding hydrogens is 360 g/mol. The van der Waals surface area contributed by atoms with Gasteiger partial charge < -0.3 is 10.2 Å². The molecule has 3 aromatic carbocycles. The van der Waals surface area contributed by atoms with E-state index in [1.807, 2.05) is 54.6 Å². The van der Waals surface area contributed by atoms with Crippen LogP contribution >= 0.6 is 11.6 Å². The van der Waals surface area contributed by atoms with E-state index in [2.05, 4.69) is 5.32 Å². The van der Waals surface area contributed by atoms with Crippen LogP contribution in [0.2, 0.25) is 5.02 Å². The number of carbonyl (C=O) groups excluding carboxylic acids is 2. The number of halogens is 1. The fourth-order valence-electron chi connectivity index (χ4n) is 3.52. The molecule has 0 atom stereocenters. The molecule has 0 bridgehead atoms. The number of nitrogens with zero attached hydrogens (tertiary/aromatic N) is 1. The zero-order valence-electron chi connectivity index (χ0n) is 14.7. The molecule has 4 nitrogen and oxygen atoms in total. The SMILES string of the molecule is O=C(CCCN1C(=O)c2cccc3cccc1c23)NCc1ccccc1Cl. The maximum atomic E-state index is 12.7. The number of benzene rings is 3. The molecular formula is C22H19ClN2O2. The summed E-state index contributed by atoms with van der Waals surface area (Å²) in [4.78, 5) is 26.6. The molecule has 2 amide bonds. The quantitative estimate of drug-likeness (QED) is 0.684. The van der Waals surface area contributed by atoms with Gasteiger partial charge in [0.15, 0.2) is 0 Å². The van der Waals surface area contributed by atoms with Crippen LogP contribution in [-0.4, -0.2) is 18.4 Å². The second-order valence-electron chi connectivity index (χ2n) is 6.61. The van der Waals surface area contributed by atoms with Crippen LogP contribution in [0.1, 0.15) is 28.8 Å². The summed E-state index contributed by atoms with van der Waals surface area (Å²) in [5, 5.41) is 5.61. The van der Waals surface area contributed by atoms with Crippen LogP contribution in [-0.2, 0) is 11.3 Å². The van der Waals surface area contributed by atoms with Gasteiger partial charge in [0.2, 0.25) is 5.91 Å². The molecule has 4 rings (SSSR count). The summed E-state index contributed by atoms with van der Waals surface area (Å²) in [6.45, 7) is 0.929. The monoisotopic (exact) mass is 378 g/mol. The van der Waals surface area contributed by atoms with E-state index in [0.717, 1.165) is 27.6 Å². The van der Waals surface area contributed by atoms with Crippen molar-refractivity contribution in [3.63, 3.8) is 0 Å².